The van der Waals surface area contributed by atoms with Crippen molar-refractivity contribution in [3.05, 3.63) is 0 Å². The molecule has 4 unspecified atom stereocenters. The Hall–Kier alpha value is -0.0300. The first-order chi connectivity index (χ1) is 9.06. The van der Waals surface area contributed by atoms with Crippen LogP contribution < -0.4 is 11.1 Å². The fraction of sp³-hybridized carbons (Fsp3) is 0.933. The normalized spacial score (nSPS) is 32.8. The molecule has 126 valence electrons. The first kappa shape index (κ1) is 21.0. The molecule has 0 spiro atoms. The zero-order valence-corrected chi connectivity index (χ0v) is 14.8. The van der Waals surface area contributed by atoms with E-state index >= 15 is 0 Å². The molecule has 2 saturated carbocycles. The van der Waals surface area contributed by atoms with Crippen molar-refractivity contribution >= 4 is 30.7 Å². The van der Waals surface area contributed by atoms with Gasteiger partial charge in [0.15, 0.2) is 0 Å². The fourth-order valence-corrected chi connectivity index (χ4v) is 3.55. The lowest BCUT2D eigenvalue weighted by atomic mass is 9.84. The summed E-state index contributed by atoms with van der Waals surface area (Å²) in [5.74, 6) is 0.406. The van der Waals surface area contributed by atoms with Gasteiger partial charge in [-0.05, 0) is 59.0 Å². The van der Waals surface area contributed by atoms with E-state index in [1.54, 1.807) is 0 Å². The molecule has 0 aliphatic heterocycles. The van der Waals surface area contributed by atoms with E-state index in [2.05, 4.69) is 24.3 Å². The molecule has 1 amide bonds. The first-order valence-electron chi connectivity index (χ1n) is 7.78. The summed E-state index contributed by atoms with van der Waals surface area (Å²) in [6.45, 7) is 0. The highest BCUT2D eigenvalue weighted by molar-refractivity contribution is 5.85. The van der Waals surface area contributed by atoms with Gasteiger partial charge in [0.2, 0.25) is 5.91 Å². The standard InChI is InChI=1S/C15H29N3O.2ClH/c1-18(2)14-8-4-7-13(10-14)17-15(19)11-5-3-6-12(16)9-11;;/h11-14H,3-10,16H2,1-2H3,(H,17,19);2*1H. The Labute approximate surface area is 141 Å². The third-order valence-corrected chi connectivity index (χ3v) is 4.81. The van der Waals surface area contributed by atoms with Crippen LogP contribution >= 0.6 is 24.8 Å². The number of hydrogen-bond donors (Lipinski definition) is 2. The van der Waals surface area contributed by atoms with Crippen LogP contribution in [0.3, 0.4) is 0 Å². The molecule has 2 aliphatic carbocycles. The molecule has 2 rings (SSSR count). The van der Waals surface area contributed by atoms with E-state index in [-0.39, 0.29) is 42.7 Å². The molecule has 0 radical (unpaired) electrons. The fourth-order valence-electron chi connectivity index (χ4n) is 3.55. The predicted octanol–water partition coefficient (Wildman–Crippen LogP) is 2.34. The van der Waals surface area contributed by atoms with Gasteiger partial charge in [0.25, 0.3) is 0 Å². The van der Waals surface area contributed by atoms with Gasteiger partial charge in [-0.3, -0.25) is 4.79 Å². The maximum Gasteiger partial charge on any atom is 0.223 e. The van der Waals surface area contributed by atoms with Crippen molar-refractivity contribution in [3.8, 4) is 0 Å². The maximum atomic E-state index is 12.3. The summed E-state index contributed by atoms with van der Waals surface area (Å²) in [6.07, 6.45) is 8.77. The van der Waals surface area contributed by atoms with Crippen molar-refractivity contribution in [2.75, 3.05) is 14.1 Å². The third kappa shape index (κ3) is 6.31. The zero-order chi connectivity index (χ0) is 13.8. The molecular formula is C15H31Cl2N3O. The van der Waals surface area contributed by atoms with E-state index in [0.29, 0.717) is 12.1 Å². The summed E-state index contributed by atoms with van der Waals surface area (Å²) in [5.41, 5.74) is 5.97. The van der Waals surface area contributed by atoms with Crippen LogP contribution in [0.4, 0.5) is 0 Å². The number of hydrogen-bond acceptors (Lipinski definition) is 3. The average Bonchev–Trinajstić information content (AvgIpc) is 2.39. The number of rotatable bonds is 3. The van der Waals surface area contributed by atoms with E-state index < -0.39 is 0 Å². The Morgan fingerprint density at radius 3 is 2.33 bits per heavy atom. The Kier molecular flexibility index (Phi) is 9.87. The van der Waals surface area contributed by atoms with Gasteiger partial charge in [-0.1, -0.05) is 6.42 Å². The lowest BCUT2D eigenvalue weighted by Crippen LogP contribution is -2.46. The number of halogens is 2. The SMILES string of the molecule is CN(C)C1CCCC(NC(=O)C2CCCC(N)C2)C1.Cl.Cl. The largest absolute Gasteiger partial charge is 0.353 e. The molecule has 3 N–H and O–H groups in total. The van der Waals surface area contributed by atoms with Crippen molar-refractivity contribution in [1.29, 1.82) is 0 Å². The van der Waals surface area contributed by atoms with Crippen LogP contribution in [-0.2, 0) is 4.79 Å². The smallest absolute Gasteiger partial charge is 0.223 e. The Balaban J connectivity index is 0.00000200. The van der Waals surface area contributed by atoms with Crippen molar-refractivity contribution in [3.63, 3.8) is 0 Å². The molecule has 2 fully saturated rings. The quantitative estimate of drug-likeness (QED) is 0.829. The molecule has 4 nitrogen and oxygen atoms in total. The van der Waals surface area contributed by atoms with Crippen molar-refractivity contribution in [2.24, 2.45) is 11.7 Å². The van der Waals surface area contributed by atoms with E-state index in [0.717, 1.165) is 38.5 Å². The Bertz CT molecular complexity index is 315. The van der Waals surface area contributed by atoms with Crippen LogP contribution in [0.5, 0.6) is 0 Å². The highest BCUT2D eigenvalue weighted by Crippen LogP contribution is 2.25. The number of carbonyl (C=O) groups is 1. The van der Waals surface area contributed by atoms with Crippen molar-refractivity contribution in [1.82, 2.24) is 10.2 Å². The van der Waals surface area contributed by atoms with Gasteiger partial charge in [0.05, 0.1) is 0 Å². The van der Waals surface area contributed by atoms with Crippen molar-refractivity contribution < 1.29 is 4.79 Å². The second-order valence-electron chi connectivity index (χ2n) is 6.61. The molecule has 0 heterocycles. The minimum atomic E-state index is 0. The summed E-state index contributed by atoms with van der Waals surface area (Å²) >= 11 is 0. The summed E-state index contributed by atoms with van der Waals surface area (Å²) < 4.78 is 0. The van der Waals surface area contributed by atoms with Crippen LogP contribution in [0, 0.1) is 5.92 Å². The molecule has 4 atom stereocenters. The van der Waals surface area contributed by atoms with Crippen LogP contribution in [0.2, 0.25) is 0 Å². The topological polar surface area (TPSA) is 58.4 Å². The highest BCUT2D eigenvalue weighted by Gasteiger charge is 2.29. The van der Waals surface area contributed by atoms with E-state index in [1.165, 1.54) is 12.8 Å². The molecule has 0 aromatic heterocycles. The molecular weight excluding hydrogens is 309 g/mol. The van der Waals surface area contributed by atoms with Crippen LogP contribution in [0.25, 0.3) is 0 Å². The average molecular weight is 340 g/mol. The Morgan fingerprint density at radius 2 is 1.71 bits per heavy atom. The number of nitrogens with one attached hydrogen (secondary N) is 1. The first-order valence-corrected chi connectivity index (χ1v) is 7.78. The number of amides is 1. The predicted molar refractivity (Wildman–Crippen MR) is 92.3 cm³/mol. The number of carbonyl (C=O) groups excluding carboxylic acids is 1. The lowest BCUT2D eigenvalue weighted by Gasteiger charge is -2.35. The molecule has 0 bridgehead atoms. The second kappa shape index (κ2) is 9.88. The molecule has 21 heavy (non-hydrogen) atoms. The minimum absolute atomic E-state index is 0. The summed E-state index contributed by atoms with van der Waals surface area (Å²) in [5, 5.41) is 3.27. The van der Waals surface area contributed by atoms with Gasteiger partial charge in [-0.15, -0.1) is 24.8 Å². The van der Waals surface area contributed by atoms with Gasteiger partial charge in [-0.25, -0.2) is 0 Å². The summed E-state index contributed by atoms with van der Waals surface area (Å²) in [6, 6.07) is 1.21. The molecule has 6 heteroatoms. The molecule has 2 aliphatic rings. The van der Waals surface area contributed by atoms with Gasteiger partial charge in [-0.2, -0.15) is 0 Å². The van der Waals surface area contributed by atoms with Gasteiger partial charge in [0, 0.05) is 24.0 Å². The van der Waals surface area contributed by atoms with Crippen LogP contribution in [0.1, 0.15) is 51.4 Å². The Morgan fingerprint density at radius 1 is 1.05 bits per heavy atom. The van der Waals surface area contributed by atoms with E-state index in [4.69, 9.17) is 5.73 Å². The second-order valence-corrected chi connectivity index (χ2v) is 6.61. The maximum absolute atomic E-state index is 12.3. The third-order valence-electron chi connectivity index (χ3n) is 4.81. The molecule has 0 aromatic carbocycles. The van der Waals surface area contributed by atoms with E-state index in [1.807, 2.05) is 0 Å². The van der Waals surface area contributed by atoms with E-state index in [9.17, 15) is 4.79 Å². The summed E-state index contributed by atoms with van der Waals surface area (Å²) in [7, 11) is 4.27. The molecule has 0 saturated heterocycles. The monoisotopic (exact) mass is 339 g/mol. The lowest BCUT2D eigenvalue weighted by molar-refractivity contribution is -0.127. The molecule has 0 aromatic rings. The highest BCUT2D eigenvalue weighted by atomic mass is 35.5. The number of nitrogens with zero attached hydrogens (tertiary/aromatic N) is 1. The van der Waals surface area contributed by atoms with Crippen LogP contribution in [0.15, 0.2) is 0 Å². The van der Waals surface area contributed by atoms with Gasteiger partial charge in [0.1, 0.15) is 0 Å². The minimum Gasteiger partial charge on any atom is -0.353 e. The zero-order valence-electron chi connectivity index (χ0n) is 13.2. The summed E-state index contributed by atoms with van der Waals surface area (Å²) in [4.78, 5) is 14.6. The van der Waals surface area contributed by atoms with Gasteiger partial charge >= 0.3 is 0 Å². The van der Waals surface area contributed by atoms with Crippen molar-refractivity contribution in [2.45, 2.75) is 69.5 Å². The van der Waals surface area contributed by atoms with Gasteiger partial charge < -0.3 is 16.0 Å². The number of nitrogens with two attached hydrogens (primary N) is 1. The van der Waals surface area contributed by atoms with Crippen LogP contribution in [-0.4, -0.2) is 43.0 Å².